The Hall–Kier alpha value is -4.06. The number of ketones is 2. The number of unbranched alkanes of at least 4 members (excludes halogenated alkanes) is 1. The summed E-state index contributed by atoms with van der Waals surface area (Å²) in [5.41, 5.74) is 11.8. The number of hydrogen-bond donors (Lipinski definition) is 3. The SMILES string of the molecule is C=CNc1ccc(Cl)cc1NN=[N+]=[N-].CCN(CC)CC(=O)CCCCC(=O)/C(C)=N/C(=C\CCC1C=CC(C(F)(F)F)=CC1)NC. The Morgan fingerprint density at radius 1 is 1.19 bits per heavy atom. The van der Waals surface area contributed by atoms with Gasteiger partial charge in [0.05, 0.1) is 23.5 Å². The summed E-state index contributed by atoms with van der Waals surface area (Å²) in [7, 11) is 1.72. The van der Waals surface area contributed by atoms with E-state index in [1.165, 1.54) is 12.3 Å². The van der Waals surface area contributed by atoms with Crippen molar-refractivity contribution in [1.82, 2.24) is 10.2 Å². The second kappa shape index (κ2) is 22.5. The lowest BCUT2D eigenvalue weighted by atomic mass is 9.92. The summed E-state index contributed by atoms with van der Waals surface area (Å²) in [6.45, 7) is 11.4. The molecule has 14 heteroatoms. The van der Waals surface area contributed by atoms with E-state index < -0.39 is 11.7 Å². The molecule has 1 atom stereocenters. The second-order valence-electron chi connectivity index (χ2n) is 10.6. The van der Waals surface area contributed by atoms with Crippen molar-refractivity contribution in [2.75, 3.05) is 37.4 Å². The van der Waals surface area contributed by atoms with E-state index in [1.54, 1.807) is 38.2 Å². The first-order valence-corrected chi connectivity index (χ1v) is 15.9. The Balaban J connectivity index is 0.000000654. The van der Waals surface area contributed by atoms with Gasteiger partial charge in [0.25, 0.3) is 0 Å². The molecule has 0 radical (unpaired) electrons. The molecule has 0 heterocycles. The summed E-state index contributed by atoms with van der Waals surface area (Å²) in [5.74, 6) is 0.783. The van der Waals surface area contributed by atoms with Crippen LogP contribution in [0.1, 0.15) is 65.7 Å². The first kappa shape index (κ1) is 41.0. The van der Waals surface area contributed by atoms with Crippen molar-refractivity contribution in [3.05, 3.63) is 82.1 Å². The lowest BCUT2D eigenvalue weighted by Crippen LogP contribution is -2.29. The topological polar surface area (TPSA) is 135 Å². The number of azide groups is 1. The summed E-state index contributed by atoms with van der Waals surface area (Å²) in [4.78, 5) is 33.4. The van der Waals surface area contributed by atoms with E-state index in [0.29, 0.717) is 73.7 Å². The van der Waals surface area contributed by atoms with Crippen LogP contribution >= 0.6 is 11.6 Å². The molecule has 2 rings (SSSR count). The number of halogens is 4. The summed E-state index contributed by atoms with van der Waals surface area (Å²) < 4.78 is 38.0. The molecule has 1 aliphatic carbocycles. The molecule has 0 fully saturated rings. The van der Waals surface area contributed by atoms with Gasteiger partial charge < -0.3 is 10.6 Å². The monoisotopic (exact) mass is 678 g/mol. The van der Waals surface area contributed by atoms with Crippen LogP contribution in [0.2, 0.25) is 5.02 Å². The Kier molecular flexibility index (Phi) is 19.6. The van der Waals surface area contributed by atoms with Gasteiger partial charge in [0.2, 0.25) is 0 Å². The molecule has 0 bridgehead atoms. The number of alkyl halides is 3. The fraction of sp³-hybridized carbons (Fsp3) is 0.485. The average Bonchev–Trinajstić information content (AvgIpc) is 3.05. The van der Waals surface area contributed by atoms with Crippen molar-refractivity contribution in [2.24, 2.45) is 16.1 Å². The van der Waals surface area contributed by atoms with Crippen molar-refractivity contribution < 1.29 is 22.8 Å². The third-order valence-electron chi connectivity index (χ3n) is 7.20. The summed E-state index contributed by atoms with van der Waals surface area (Å²) in [5, 5.41) is 9.60. The van der Waals surface area contributed by atoms with E-state index in [4.69, 9.17) is 17.1 Å². The molecule has 10 nitrogen and oxygen atoms in total. The fourth-order valence-electron chi connectivity index (χ4n) is 4.46. The number of benzene rings is 1. The minimum atomic E-state index is -4.29. The van der Waals surface area contributed by atoms with Gasteiger partial charge in [-0.15, -0.1) is 5.53 Å². The molecule has 1 aliphatic rings. The predicted octanol–water partition coefficient (Wildman–Crippen LogP) is 8.93. The van der Waals surface area contributed by atoms with Crippen molar-refractivity contribution in [1.29, 1.82) is 0 Å². The maximum atomic E-state index is 12.7. The molecule has 0 aromatic heterocycles. The second-order valence-corrected chi connectivity index (χ2v) is 11.0. The van der Waals surface area contributed by atoms with Crippen LogP contribution in [0.3, 0.4) is 0 Å². The predicted molar refractivity (Wildman–Crippen MR) is 185 cm³/mol. The molecule has 47 heavy (non-hydrogen) atoms. The Morgan fingerprint density at radius 3 is 2.47 bits per heavy atom. The Morgan fingerprint density at radius 2 is 1.89 bits per heavy atom. The number of allylic oxidation sites excluding steroid dienone is 5. The smallest absolute Gasteiger partial charge is 0.373 e. The first-order valence-electron chi connectivity index (χ1n) is 15.5. The van der Waals surface area contributed by atoms with E-state index in [0.717, 1.165) is 24.9 Å². The number of aliphatic imine (C=N–C) groups is 1. The number of Topliss-reactive ketones (excluding diaryl/α,β-unsaturated/α-hetero) is 2. The highest BCUT2D eigenvalue weighted by Crippen LogP contribution is 2.32. The molecule has 3 N–H and O–H groups in total. The molecule has 0 saturated carbocycles. The van der Waals surface area contributed by atoms with Gasteiger partial charge in [-0.3, -0.25) is 14.5 Å². The van der Waals surface area contributed by atoms with Crippen molar-refractivity contribution in [3.63, 3.8) is 0 Å². The van der Waals surface area contributed by atoms with Crippen molar-refractivity contribution >= 4 is 40.3 Å². The quantitative estimate of drug-likeness (QED) is 0.0334. The number of likely N-dealkylation sites (N-methyl/N-ethyl adjacent to an activating group) is 1. The zero-order chi connectivity index (χ0) is 35.2. The van der Waals surface area contributed by atoms with Crippen LogP contribution in [0.15, 0.2) is 76.9 Å². The number of anilines is 2. The molecule has 0 saturated heterocycles. The lowest BCUT2D eigenvalue weighted by molar-refractivity contribution is -0.120. The number of hydrogen-bond acceptors (Lipinski definition) is 7. The summed E-state index contributed by atoms with van der Waals surface area (Å²) >= 11 is 5.77. The largest absolute Gasteiger partial charge is 0.416 e. The third-order valence-corrected chi connectivity index (χ3v) is 7.43. The molecule has 1 unspecified atom stereocenters. The normalized spacial score (nSPS) is 14.7. The fourth-order valence-corrected chi connectivity index (χ4v) is 4.63. The van der Waals surface area contributed by atoms with E-state index in [1.807, 2.05) is 19.9 Å². The summed E-state index contributed by atoms with van der Waals surface area (Å²) in [6, 6.07) is 5.11. The molecular weight excluding hydrogens is 633 g/mol. The number of carbonyl (C=O) groups is 2. The van der Waals surface area contributed by atoms with Gasteiger partial charge in [0.1, 0.15) is 11.6 Å². The van der Waals surface area contributed by atoms with Gasteiger partial charge in [-0.05, 0) is 87.7 Å². The molecule has 1 aromatic carbocycles. The van der Waals surface area contributed by atoms with Crippen LogP contribution in [-0.2, 0) is 9.59 Å². The molecule has 1 aromatic rings. The van der Waals surface area contributed by atoms with Gasteiger partial charge in [-0.25, -0.2) is 10.4 Å². The Bertz CT molecular complexity index is 1350. The van der Waals surface area contributed by atoms with E-state index in [-0.39, 0.29) is 17.5 Å². The standard InChI is InChI=1S/C25H38F3N3O2.C8H8ClN5/c1-5-31(6-2)18-22(32)11-7-8-12-23(33)19(3)30-24(29-4)13-9-10-20-14-16-21(17-15-20)25(26,27)28;1-2-11-7-4-3-6(9)5-8(7)12-14-13-10/h13-14,16-17,20,29H,5-12,15,18H2,1-4H3;2-5,11-12H,1H2/b24-13-,30-19+;. The van der Waals surface area contributed by atoms with Gasteiger partial charge in [-0.1, -0.05) is 50.3 Å². The van der Waals surface area contributed by atoms with Gasteiger partial charge in [0.15, 0.2) is 11.5 Å². The minimum Gasteiger partial charge on any atom is -0.373 e. The maximum absolute atomic E-state index is 12.7. The van der Waals surface area contributed by atoms with Gasteiger partial charge in [0, 0.05) is 31.0 Å². The highest BCUT2D eigenvalue weighted by atomic mass is 35.5. The number of carbonyl (C=O) groups excluding carboxylic acids is 2. The number of rotatable bonds is 19. The highest BCUT2D eigenvalue weighted by Gasteiger charge is 2.32. The highest BCUT2D eigenvalue weighted by molar-refractivity contribution is 6.39. The van der Waals surface area contributed by atoms with Crippen LogP contribution in [-0.4, -0.2) is 55.0 Å². The van der Waals surface area contributed by atoms with Crippen molar-refractivity contribution in [3.8, 4) is 0 Å². The van der Waals surface area contributed by atoms with Crippen LogP contribution in [0, 0.1) is 5.92 Å². The van der Waals surface area contributed by atoms with Crippen LogP contribution in [0.5, 0.6) is 0 Å². The molecule has 258 valence electrons. The number of nitrogens with one attached hydrogen (secondary N) is 3. The first-order chi connectivity index (χ1) is 22.4. The average molecular weight is 679 g/mol. The zero-order valence-electron chi connectivity index (χ0n) is 27.5. The van der Waals surface area contributed by atoms with Gasteiger partial charge >= 0.3 is 6.18 Å². The third kappa shape index (κ3) is 16.9. The molecule has 0 amide bonds. The zero-order valence-corrected chi connectivity index (χ0v) is 28.3. The number of nitrogens with zero attached hydrogens (tertiary/aromatic N) is 5. The minimum absolute atomic E-state index is 0.0487. The maximum Gasteiger partial charge on any atom is 0.416 e. The van der Waals surface area contributed by atoms with E-state index in [2.05, 4.69) is 42.7 Å². The van der Waals surface area contributed by atoms with Crippen LogP contribution < -0.4 is 16.1 Å². The van der Waals surface area contributed by atoms with Crippen molar-refractivity contribution in [2.45, 2.75) is 71.9 Å². The molecule has 0 spiro atoms. The Labute approximate surface area is 280 Å². The van der Waals surface area contributed by atoms with Crippen LogP contribution in [0.4, 0.5) is 24.5 Å². The van der Waals surface area contributed by atoms with Gasteiger partial charge in [-0.2, -0.15) is 18.1 Å². The summed E-state index contributed by atoms with van der Waals surface area (Å²) in [6.07, 6.45) is 6.97. The molecular formula is C33H46ClF3N8O2. The lowest BCUT2D eigenvalue weighted by Gasteiger charge is -2.17. The van der Waals surface area contributed by atoms with E-state index >= 15 is 0 Å². The van der Waals surface area contributed by atoms with E-state index in [9.17, 15) is 22.8 Å². The van der Waals surface area contributed by atoms with Crippen LogP contribution in [0.25, 0.3) is 10.4 Å². The molecule has 0 aliphatic heterocycles.